The van der Waals surface area contributed by atoms with Gasteiger partial charge in [0.25, 0.3) is 0 Å². The van der Waals surface area contributed by atoms with Crippen molar-refractivity contribution in [1.82, 2.24) is 10.6 Å². The molecule has 0 aromatic heterocycles. The molecule has 0 spiro atoms. The molecule has 1 saturated heterocycles. The zero-order valence-corrected chi connectivity index (χ0v) is 30.3. The number of hydrogen-bond acceptors (Lipinski definition) is 15. The molecule has 17 nitrogen and oxygen atoms in total. The number of phenolic OH excluding ortho intramolecular Hbond substituents is 2. The summed E-state index contributed by atoms with van der Waals surface area (Å²) in [5.74, 6) is -6.70. The van der Waals surface area contributed by atoms with Crippen molar-refractivity contribution in [3.8, 4) is 11.5 Å². The van der Waals surface area contributed by atoms with Crippen molar-refractivity contribution in [3.05, 3.63) is 57.1 Å². The molecule has 292 valence electrons. The molecule has 54 heavy (non-hydrogen) atoms. The van der Waals surface area contributed by atoms with Crippen LogP contribution in [0.25, 0.3) is 0 Å². The molecule has 7 atom stereocenters. The fraction of sp³-hybridized carbons (Fsp3) is 0.514. The highest BCUT2D eigenvalue weighted by molar-refractivity contribution is 6.31. The Morgan fingerprint density at radius 2 is 1.70 bits per heavy atom. The van der Waals surface area contributed by atoms with E-state index in [9.17, 15) is 59.4 Å². The van der Waals surface area contributed by atoms with Crippen LogP contribution in [0.1, 0.15) is 109 Å². The van der Waals surface area contributed by atoms with Crippen LogP contribution in [0.2, 0.25) is 0 Å². The summed E-state index contributed by atoms with van der Waals surface area (Å²) in [7, 11) is 0. The molecule has 5 rings (SSSR count). The fourth-order valence-corrected chi connectivity index (χ4v) is 7.21. The molecule has 1 fully saturated rings. The summed E-state index contributed by atoms with van der Waals surface area (Å²) in [6, 6.07) is 1.62. The number of phenols is 2. The second-order valence-corrected chi connectivity index (χ2v) is 14.8. The molecule has 2 aromatic rings. The third-order valence-electron chi connectivity index (χ3n) is 9.65. The van der Waals surface area contributed by atoms with Crippen LogP contribution < -0.4 is 10.6 Å². The highest BCUT2D eigenvalue weighted by Crippen LogP contribution is 2.52. The highest BCUT2D eigenvalue weighted by atomic mass is 16.7. The number of Topliss-reactive ketones (excluding diaryl/α,β-unsaturated/α-hetero) is 1. The number of carbonyl (C=O) groups is 6. The van der Waals surface area contributed by atoms with Crippen LogP contribution >= 0.6 is 0 Å². The Morgan fingerprint density at radius 3 is 2.31 bits per heavy atom. The third-order valence-corrected chi connectivity index (χ3v) is 9.65. The summed E-state index contributed by atoms with van der Waals surface area (Å²) in [4.78, 5) is 78.4. The summed E-state index contributed by atoms with van der Waals surface area (Å²) in [5, 5.41) is 70.4. The second kappa shape index (κ2) is 15.2. The smallest absolute Gasteiger partial charge is 0.308 e. The summed E-state index contributed by atoms with van der Waals surface area (Å²) in [5.41, 5.74) is -5.30. The Labute approximate surface area is 309 Å². The molecule has 0 radical (unpaired) electrons. The highest BCUT2D eigenvalue weighted by Gasteiger charge is 2.50. The number of ketones is 3. The molecule has 2 aromatic carbocycles. The first-order valence-corrected chi connectivity index (χ1v) is 17.3. The maximum Gasteiger partial charge on any atom is 0.308 e. The topological polar surface area (TPSA) is 276 Å². The van der Waals surface area contributed by atoms with Gasteiger partial charge in [0.05, 0.1) is 42.4 Å². The summed E-state index contributed by atoms with van der Waals surface area (Å²) < 4.78 is 17.3. The number of hydrogen-bond donors (Lipinski definition) is 8. The maximum absolute atomic E-state index is 13.9. The molecule has 0 bridgehead atoms. The van der Waals surface area contributed by atoms with Gasteiger partial charge in [-0.3, -0.25) is 28.8 Å². The number of aromatic hydroxyl groups is 2. The minimum atomic E-state index is -2.41. The largest absolute Gasteiger partial charge is 0.507 e. The molecule has 0 saturated carbocycles. The van der Waals surface area contributed by atoms with Gasteiger partial charge in [-0.2, -0.15) is 0 Å². The van der Waals surface area contributed by atoms with Crippen molar-refractivity contribution in [2.45, 2.75) is 115 Å². The van der Waals surface area contributed by atoms with Gasteiger partial charge in [-0.25, -0.2) is 0 Å². The molecule has 2 unspecified atom stereocenters. The number of ether oxygens (including phenoxy) is 3. The Balaban J connectivity index is 1.50. The van der Waals surface area contributed by atoms with E-state index in [1.807, 2.05) is 0 Å². The molecule has 1 aliphatic heterocycles. The lowest BCUT2D eigenvalue weighted by Gasteiger charge is -2.43. The van der Waals surface area contributed by atoms with E-state index in [2.05, 4.69) is 10.6 Å². The number of aliphatic hydroxyl groups is 4. The minimum Gasteiger partial charge on any atom is -0.507 e. The number of carbonyl (C=O) groups excluding carboxylic acids is 6. The quantitative estimate of drug-likeness (QED) is 0.0989. The lowest BCUT2D eigenvalue weighted by atomic mass is 9.71. The maximum atomic E-state index is 13.9. The molecular weight excluding hydrogens is 712 g/mol. The van der Waals surface area contributed by atoms with E-state index >= 15 is 0 Å². The van der Waals surface area contributed by atoms with Crippen LogP contribution in [-0.2, 0) is 46.4 Å². The van der Waals surface area contributed by atoms with Crippen LogP contribution in [-0.4, -0.2) is 114 Å². The van der Waals surface area contributed by atoms with E-state index in [-0.39, 0.29) is 34.2 Å². The Kier molecular flexibility index (Phi) is 11.3. The molecule has 1 heterocycles. The normalized spacial score (nSPS) is 25.5. The number of fused-ring (bicyclic) bond motifs is 3. The van der Waals surface area contributed by atoms with Crippen molar-refractivity contribution < 1.29 is 73.6 Å². The van der Waals surface area contributed by atoms with E-state index < -0.39 is 138 Å². The van der Waals surface area contributed by atoms with Crippen LogP contribution in [0.15, 0.2) is 18.2 Å². The first-order chi connectivity index (χ1) is 25.2. The zero-order valence-electron chi connectivity index (χ0n) is 30.3. The monoisotopic (exact) mass is 756 g/mol. The Hall–Kier alpha value is -4.78. The van der Waals surface area contributed by atoms with E-state index in [1.165, 1.54) is 25.1 Å². The van der Waals surface area contributed by atoms with E-state index in [4.69, 9.17) is 14.2 Å². The van der Waals surface area contributed by atoms with E-state index in [0.717, 1.165) is 6.92 Å². The predicted molar refractivity (Wildman–Crippen MR) is 183 cm³/mol. The first kappa shape index (κ1) is 40.4. The van der Waals surface area contributed by atoms with Gasteiger partial charge in [-0.05, 0) is 33.3 Å². The summed E-state index contributed by atoms with van der Waals surface area (Å²) in [6.07, 6.45) is -7.51. The van der Waals surface area contributed by atoms with E-state index in [1.54, 1.807) is 20.8 Å². The van der Waals surface area contributed by atoms with Gasteiger partial charge >= 0.3 is 5.97 Å². The Morgan fingerprint density at radius 1 is 1.04 bits per heavy atom. The standard InChI is InChI=1S/C37H44N2O15/c1-15-30(45)20(39-35(50)21(38-16(2)42)9-24(44)54-36(3,4)5)10-25(52-15)53-22-12-37(51,23(43)14-41)11-19-27(22)34(49)29-28(32(19)47)31(46)18-8-6-7-17(13-40)26(18)33(29)48/h6-8,15,20-22,25,30,40-41,45,47,49,51H,9-14H2,1-5H3,(H,38,42)(H,39,50)/t15?,20-,21?,22-,25-,30-,37-/m0/s1. The minimum absolute atomic E-state index is 0.0897. The zero-order chi connectivity index (χ0) is 40.0. The van der Waals surface area contributed by atoms with Crippen LogP contribution in [0.5, 0.6) is 11.5 Å². The van der Waals surface area contributed by atoms with Gasteiger partial charge < -0.3 is 55.5 Å². The van der Waals surface area contributed by atoms with Gasteiger partial charge in [0.15, 0.2) is 23.6 Å². The van der Waals surface area contributed by atoms with Crippen molar-refractivity contribution in [1.29, 1.82) is 0 Å². The van der Waals surface area contributed by atoms with Gasteiger partial charge in [-0.15, -0.1) is 0 Å². The number of rotatable bonds is 10. The van der Waals surface area contributed by atoms with Crippen LogP contribution in [0.4, 0.5) is 0 Å². The third kappa shape index (κ3) is 7.73. The average molecular weight is 757 g/mol. The van der Waals surface area contributed by atoms with E-state index in [0.29, 0.717) is 0 Å². The molecule has 2 aliphatic carbocycles. The lowest BCUT2D eigenvalue weighted by molar-refractivity contribution is -0.249. The summed E-state index contributed by atoms with van der Waals surface area (Å²) >= 11 is 0. The van der Waals surface area contributed by atoms with Crippen molar-refractivity contribution >= 4 is 35.1 Å². The van der Waals surface area contributed by atoms with Crippen LogP contribution in [0, 0.1) is 0 Å². The van der Waals surface area contributed by atoms with Crippen molar-refractivity contribution in [2.24, 2.45) is 0 Å². The molecule has 2 amide bonds. The van der Waals surface area contributed by atoms with Gasteiger partial charge in [-0.1, -0.05) is 18.2 Å². The molecule has 8 N–H and O–H groups in total. The van der Waals surface area contributed by atoms with Crippen LogP contribution in [0.3, 0.4) is 0 Å². The second-order valence-electron chi connectivity index (χ2n) is 14.8. The summed E-state index contributed by atoms with van der Waals surface area (Å²) in [6.45, 7) is 5.74. The number of aliphatic hydroxyl groups excluding tert-OH is 3. The van der Waals surface area contributed by atoms with Crippen molar-refractivity contribution in [3.63, 3.8) is 0 Å². The Bertz CT molecular complexity index is 1900. The van der Waals surface area contributed by atoms with Gasteiger partial charge in [0.1, 0.15) is 41.5 Å². The SMILES string of the molecule is CC(=O)NC(CC(=O)OC(C)(C)C)C(=O)N[C@H]1C[C@H](O[C@H]2C[C@](O)(C(=O)CO)Cc3c(O)c4c(c(O)c32)C(=O)c2c(CO)cccc2C4=O)OC(C)[C@@H]1O. The number of nitrogens with one attached hydrogen (secondary N) is 2. The van der Waals surface area contributed by atoms with Gasteiger partial charge in [0.2, 0.25) is 11.8 Å². The van der Waals surface area contributed by atoms with Gasteiger partial charge in [0, 0.05) is 48.4 Å². The number of amides is 2. The fourth-order valence-electron chi connectivity index (χ4n) is 7.21. The lowest BCUT2D eigenvalue weighted by Crippen LogP contribution is -2.59. The predicted octanol–water partition coefficient (Wildman–Crippen LogP) is -0.121. The molecular formula is C37H44N2O15. The number of esters is 1. The number of benzene rings is 2. The first-order valence-electron chi connectivity index (χ1n) is 17.3. The molecule has 17 heteroatoms. The van der Waals surface area contributed by atoms with Crippen molar-refractivity contribution in [2.75, 3.05) is 6.61 Å². The average Bonchev–Trinajstić information content (AvgIpc) is 3.08. The molecule has 3 aliphatic rings.